The third kappa shape index (κ3) is 2.47. The molecular weight excluding hydrogens is 260 g/mol. The summed E-state index contributed by atoms with van der Waals surface area (Å²) in [5.41, 5.74) is 0.926. The maximum absolute atomic E-state index is 11.0. The van der Waals surface area contributed by atoms with Gasteiger partial charge in [0.1, 0.15) is 5.56 Å². The maximum atomic E-state index is 11.0. The molecule has 1 aromatic rings. The van der Waals surface area contributed by atoms with E-state index in [0.717, 1.165) is 13.1 Å². The standard InChI is InChI=1S/C10H13BrN2O2/c1-3-13(4-2)9-7(10(14)15)5-12-6-8(9)11/h5-6H,3-4H2,1-2H3,(H,14,15). The van der Waals surface area contributed by atoms with E-state index in [9.17, 15) is 4.79 Å². The SMILES string of the molecule is CCN(CC)c1c(Br)cncc1C(=O)O. The highest BCUT2D eigenvalue weighted by Gasteiger charge is 2.17. The van der Waals surface area contributed by atoms with Gasteiger partial charge in [-0.3, -0.25) is 4.98 Å². The molecule has 1 rings (SSSR count). The molecule has 4 nitrogen and oxygen atoms in total. The molecule has 0 fully saturated rings. The van der Waals surface area contributed by atoms with Crippen molar-refractivity contribution in [3.63, 3.8) is 0 Å². The summed E-state index contributed by atoms with van der Waals surface area (Å²) in [4.78, 5) is 16.9. The molecule has 0 aliphatic heterocycles. The minimum Gasteiger partial charge on any atom is -0.478 e. The van der Waals surface area contributed by atoms with Gasteiger partial charge in [-0.2, -0.15) is 0 Å². The van der Waals surface area contributed by atoms with Gasteiger partial charge >= 0.3 is 5.97 Å². The van der Waals surface area contributed by atoms with Crippen LogP contribution in [0.5, 0.6) is 0 Å². The number of aromatic nitrogens is 1. The van der Waals surface area contributed by atoms with Crippen LogP contribution in [0.1, 0.15) is 24.2 Å². The fourth-order valence-corrected chi connectivity index (χ4v) is 2.03. The molecule has 0 saturated heterocycles. The average molecular weight is 273 g/mol. The second-order valence-corrected chi connectivity index (χ2v) is 3.85. The van der Waals surface area contributed by atoms with Gasteiger partial charge in [-0.25, -0.2) is 4.79 Å². The summed E-state index contributed by atoms with van der Waals surface area (Å²) in [6, 6.07) is 0. The van der Waals surface area contributed by atoms with Crippen molar-refractivity contribution >= 4 is 27.6 Å². The Morgan fingerprint density at radius 3 is 2.53 bits per heavy atom. The molecule has 0 saturated carbocycles. The van der Waals surface area contributed by atoms with Crippen LogP contribution >= 0.6 is 15.9 Å². The van der Waals surface area contributed by atoms with Crippen molar-refractivity contribution in [2.45, 2.75) is 13.8 Å². The Hall–Kier alpha value is -1.10. The number of hydrogen-bond donors (Lipinski definition) is 1. The van der Waals surface area contributed by atoms with Crippen LogP contribution in [0.15, 0.2) is 16.9 Å². The van der Waals surface area contributed by atoms with Gasteiger partial charge < -0.3 is 10.0 Å². The number of halogens is 1. The van der Waals surface area contributed by atoms with Gasteiger partial charge in [0.25, 0.3) is 0 Å². The second-order valence-electron chi connectivity index (χ2n) is 2.99. The highest BCUT2D eigenvalue weighted by Crippen LogP contribution is 2.29. The van der Waals surface area contributed by atoms with Crippen LogP contribution < -0.4 is 4.90 Å². The number of carboxylic acid groups (broad SMARTS) is 1. The van der Waals surface area contributed by atoms with Gasteiger partial charge in [-0.05, 0) is 29.8 Å². The maximum Gasteiger partial charge on any atom is 0.339 e. The summed E-state index contributed by atoms with van der Waals surface area (Å²) in [6.07, 6.45) is 2.99. The van der Waals surface area contributed by atoms with E-state index in [1.54, 1.807) is 6.20 Å². The molecule has 0 amide bonds. The van der Waals surface area contributed by atoms with E-state index < -0.39 is 5.97 Å². The lowest BCUT2D eigenvalue weighted by Crippen LogP contribution is -2.24. The third-order valence-electron chi connectivity index (χ3n) is 2.18. The molecule has 82 valence electrons. The molecule has 0 aliphatic rings. The highest BCUT2D eigenvalue weighted by molar-refractivity contribution is 9.10. The Balaban J connectivity index is 3.29. The van der Waals surface area contributed by atoms with Crippen molar-refractivity contribution in [3.05, 3.63) is 22.4 Å². The number of hydrogen-bond acceptors (Lipinski definition) is 3. The molecular formula is C10H13BrN2O2. The number of aromatic carboxylic acids is 1. The van der Waals surface area contributed by atoms with Gasteiger partial charge in [0.15, 0.2) is 0 Å². The zero-order valence-corrected chi connectivity index (χ0v) is 10.3. The number of carboxylic acids is 1. The van der Waals surface area contributed by atoms with Crippen molar-refractivity contribution in [1.82, 2.24) is 4.98 Å². The van der Waals surface area contributed by atoms with Crippen LogP contribution in [0.2, 0.25) is 0 Å². The van der Waals surface area contributed by atoms with Crippen LogP contribution in [-0.2, 0) is 0 Å². The van der Waals surface area contributed by atoms with Crippen LogP contribution in [-0.4, -0.2) is 29.1 Å². The molecule has 0 spiro atoms. The van der Waals surface area contributed by atoms with Crippen molar-refractivity contribution < 1.29 is 9.90 Å². The van der Waals surface area contributed by atoms with E-state index in [0.29, 0.717) is 10.2 Å². The van der Waals surface area contributed by atoms with Gasteiger partial charge in [-0.1, -0.05) is 0 Å². The summed E-state index contributed by atoms with van der Waals surface area (Å²) in [6.45, 7) is 5.50. The van der Waals surface area contributed by atoms with Crippen molar-refractivity contribution in [2.24, 2.45) is 0 Å². The second kappa shape index (κ2) is 5.11. The van der Waals surface area contributed by atoms with Crippen LogP contribution in [0, 0.1) is 0 Å². The largest absolute Gasteiger partial charge is 0.478 e. The number of anilines is 1. The first kappa shape index (κ1) is 12.0. The van der Waals surface area contributed by atoms with Gasteiger partial charge in [0, 0.05) is 25.5 Å². The van der Waals surface area contributed by atoms with E-state index >= 15 is 0 Å². The molecule has 1 aromatic heterocycles. The molecule has 0 radical (unpaired) electrons. The molecule has 0 aliphatic carbocycles. The number of pyridine rings is 1. The molecule has 0 aromatic carbocycles. The quantitative estimate of drug-likeness (QED) is 0.915. The Labute approximate surface area is 97.1 Å². The molecule has 0 bridgehead atoms. The Morgan fingerprint density at radius 2 is 2.07 bits per heavy atom. The molecule has 1 N–H and O–H groups in total. The summed E-state index contributed by atoms with van der Waals surface area (Å²) >= 11 is 3.33. The Kier molecular flexibility index (Phi) is 4.08. The lowest BCUT2D eigenvalue weighted by atomic mass is 10.2. The monoisotopic (exact) mass is 272 g/mol. The van der Waals surface area contributed by atoms with Gasteiger partial charge in [-0.15, -0.1) is 0 Å². The lowest BCUT2D eigenvalue weighted by molar-refractivity contribution is 0.0697. The number of nitrogens with zero attached hydrogens (tertiary/aromatic N) is 2. The molecule has 0 unspecified atom stereocenters. The fourth-order valence-electron chi connectivity index (χ4n) is 1.45. The van der Waals surface area contributed by atoms with Crippen molar-refractivity contribution in [3.8, 4) is 0 Å². The average Bonchev–Trinajstić information content (AvgIpc) is 2.21. The van der Waals surface area contributed by atoms with E-state index in [4.69, 9.17) is 5.11 Å². The van der Waals surface area contributed by atoms with E-state index in [2.05, 4.69) is 20.9 Å². The fraction of sp³-hybridized carbons (Fsp3) is 0.400. The zero-order chi connectivity index (χ0) is 11.4. The van der Waals surface area contributed by atoms with Crippen molar-refractivity contribution in [2.75, 3.05) is 18.0 Å². The minimum absolute atomic E-state index is 0.230. The van der Waals surface area contributed by atoms with Crippen LogP contribution in [0.3, 0.4) is 0 Å². The summed E-state index contributed by atoms with van der Waals surface area (Å²) in [5, 5.41) is 9.04. The first-order valence-corrected chi connectivity index (χ1v) is 5.52. The van der Waals surface area contributed by atoms with Gasteiger partial charge in [0.05, 0.1) is 10.2 Å². The number of rotatable bonds is 4. The molecule has 5 heteroatoms. The highest BCUT2D eigenvalue weighted by atomic mass is 79.9. The molecule has 15 heavy (non-hydrogen) atoms. The first-order chi connectivity index (χ1) is 7.11. The normalized spacial score (nSPS) is 10.1. The van der Waals surface area contributed by atoms with Crippen molar-refractivity contribution in [1.29, 1.82) is 0 Å². The summed E-state index contributed by atoms with van der Waals surface area (Å²) in [7, 11) is 0. The Morgan fingerprint density at radius 1 is 1.47 bits per heavy atom. The molecule has 0 atom stereocenters. The summed E-state index contributed by atoms with van der Waals surface area (Å²) < 4.78 is 0.714. The Bertz CT molecular complexity index is 364. The predicted molar refractivity (Wildman–Crippen MR) is 62.5 cm³/mol. The topological polar surface area (TPSA) is 53.4 Å². The first-order valence-electron chi connectivity index (χ1n) is 4.73. The van der Waals surface area contributed by atoms with Crippen LogP contribution in [0.25, 0.3) is 0 Å². The molecule has 1 heterocycles. The number of carbonyl (C=O) groups is 1. The predicted octanol–water partition coefficient (Wildman–Crippen LogP) is 2.39. The van der Waals surface area contributed by atoms with E-state index in [-0.39, 0.29) is 5.56 Å². The third-order valence-corrected chi connectivity index (χ3v) is 2.76. The smallest absolute Gasteiger partial charge is 0.339 e. The minimum atomic E-state index is -0.953. The zero-order valence-electron chi connectivity index (χ0n) is 8.70. The van der Waals surface area contributed by atoms with Crippen LogP contribution in [0.4, 0.5) is 5.69 Å². The lowest BCUT2D eigenvalue weighted by Gasteiger charge is -2.23. The van der Waals surface area contributed by atoms with E-state index in [1.165, 1.54) is 6.20 Å². The summed E-state index contributed by atoms with van der Waals surface area (Å²) in [5.74, 6) is -0.953. The van der Waals surface area contributed by atoms with Gasteiger partial charge in [0.2, 0.25) is 0 Å². The van der Waals surface area contributed by atoms with E-state index in [1.807, 2.05) is 18.7 Å².